The Hall–Kier alpha value is -1.04. The Morgan fingerprint density at radius 2 is 1.92 bits per heavy atom. The Balaban J connectivity index is 0.00000144. The van der Waals surface area contributed by atoms with Gasteiger partial charge in [0.1, 0.15) is 5.82 Å². The first-order chi connectivity index (χ1) is 10.6. The maximum Gasteiger partial charge on any atom is 0.227 e. The van der Waals surface area contributed by atoms with Crippen LogP contribution in [0.3, 0.4) is 0 Å². The van der Waals surface area contributed by atoms with E-state index in [1.807, 2.05) is 36.2 Å². The van der Waals surface area contributed by atoms with Gasteiger partial charge in [0.2, 0.25) is 5.91 Å². The van der Waals surface area contributed by atoms with Gasteiger partial charge in [0.25, 0.3) is 0 Å². The third kappa shape index (κ3) is 4.52. The lowest BCUT2D eigenvalue weighted by Crippen LogP contribution is -2.57. The normalized spacial score (nSPS) is 27.0. The van der Waals surface area contributed by atoms with Crippen LogP contribution in [0.5, 0.6) is 0 Å². The molecule has 0 radical (unpaired) electrons. The van der Waals surface area contributed by atoms with Crippen LogP contribution in [0, 0.1) is 5.92 Å². The summed E-state index contributed by atoms with van der Waals surface area (Å²) in [5, 5.41) is 0. The molecule has 24 heavy (non-hydrogen) atoms. The molecule has 2 aliphatic rings. The first-order valence-electron chi connectivity index (χ1n) is 8.31. The van der Waals surface area contributed by atoms with Crippen LogP contribution in [0.1, 0.15) is 32.6 Å². The third-order valence-corrected chi connectivity index (χ3v) is 5.12. The smallest absolute Gasteiger partial charge is 0.227 e. The van der Waals surface area contributed by atoms with Crippen molar-refractivity contribution in [2.75, 3.05) is 31.1 Å². The molecule has 0 spiro atoms. The van der Waals surface area contributed by atoms with Crippen LogP contribution in [0.25, 0.3) is 0 Å². The van der Waals surface area contributed by atoms with Crippen molar-refractivity contribution < 1.29 is 4.79 Å². The van der Waals surface area contributed by atoms with Gasteiger partial charge in [0.05, 0.1) is 5.92 Å². The summed E-state index contributed by atoms with van der Waals surface area (Å²) >= 11 is 0. The molecule has 5 nitrogen and oxygen atoms in total. The van der Waals surface area contributed by atoms with E-state index in [0.717, 1.165) is 57.7 Å². The number of carbonyl (C=O) groups excluding carboxylic acids is 1. The summed E-state index contributed by atoms with van der Waals surface area (Å²) in [6.07, 6.45) is 5.97. The van der Waals surface area contributed by atoms with Gasteiger partial charge in [-0.2, -0.15) is 0 Å². The number of halogens is 2. The monoisotopic (exact) mass is 374 g/mol. The van der Waals surface area contributed by atoms with Gasteiger partial charge < -0.3 is 15.5 Å². The lowest BCUT2D eigenvalue weighted by Gasteiger charge is -2.42. The second-order valence-electron chi connectivity index (χ2n) is 6.80. The first kappa shape index (κ1) is 21.0. The molecule has 1 saturated carbocycles. The fourth-order valence-corrected chi connectivity index (χ4v) is 3.68. The molecule has 2 N–H and O–H groups in total. The van der Waals surface area contributed by atoms with Gasteiger partial charge in [-0.25, -0.2) is 4.98 Å². The molecule has 2 unspecified atom stereocenters. The van der Waals surface area contributed by atoms with Crippen LogP contribution in [0.15, 0.2) is 24.4 Å². The van der Waals surface area contributed by atoms with E-state index in [1.165, 1.54) is 0 Å². The quantitative estimate of drug-likeness (QED) is 0.863. The van der Waals surface area contributed by atoms with Gasteiger partial charge in [-0.3, -0.25) is 4.79 Å². The molecule has 7 heteroatoms. The maximum atomic E-state index is 12.8. The van der Waals surface area contributed by atoms with Crippen molar-refractivity contribution in [2.45, 2.75) is 38.1 Å². The van der Waals surface area contributed by atoms with E-state index in [0.29, 0.717) is 0 Å². The van der Waals surface area contributed by atoms with Crippen molar-refractivity contribution in [2.24, 2.45) is 11.7 Å². The van der Waals surface area contributed by atoms with E-state index in [-0.39, 0.29) is 42.2 Å². The van der Waals surface area contributed by atoms with Crippen LogP contribution in [0.4, 0.5) is 5.82 Å². The zero-order chi connectivity index (χ0) is 15.6. The zero-order valence-electron chi connectivity index (χ0n) is 14.2. The Morgan fingerprint density at radius 3 is 2.50 bits per heavy atom. The Labute approximate surface area is 156 Å². The van der Waals surface area contributed by atoms with E-state index in [4.69, 9.17) is 5.73 Å². The van der Waals surface area contributed by atoms with Crippen molar-refractivity contribution in [1.29, 1.82) is 0 Å². The highest BCUT2D eigenvalue weighted by Crippen LogP contribution is 2.33. The average molecular weight is 375 g/mol. The van der Waals surface area contributed by atoms with E-state index in [1.54, 1.807) is 0 Å². The molecule has 2 atom stereocenters. The number of pyridine rings is 1. The summed E-state index contributed by atoms with van der Waals surface area (Å²) in [5.41, 5.74) is 6.04. The number of piperazine rings is 1. The predicted octanol–water partition coefficient (Wildman–Crippen LogP) is 2.48. The van der Waals surface area contributed by atoms with Crippen LogP contribution in [0.2, 0.25) is 0 Å². The third-order valence-electron chi connectivity index (χ3n) is 5.12. The SMILES string of the molecule is CC1(N)CCCCC1C(=O)N1CCN(c2ccccn2)CC1.Cl.Cl. The molecule has 1 aliphatic carbocycles. The van der Waals surface area contributed by atoms with Gasteiger partial charge in [-0.1, -0.05) is 18.9 Å². The number of aromatic nitrogens is 1. The highest BCUT2D eigenvalue weighted by Gasteiger charge is 2.40. The van der Waals surface area contributed by atoms with Gasteiger partial charge in [0.15, 0.2) is 0 Å². The van der Waals surface area contributed by atoms with Crippen LogP contribution >= 0.6 is 24.8 Å². The summed E-state index contributed by atoms with van der Waals surface area (Å²) in [7, 11) is 0. The number of hydrogen-bond acceptors (Lipinski definition) is 4. The topological polar surface area (TPSA) is 62.5 Å². The summed E-state index contributed by atoms with van der Waals surface area (Å²) < 4.78 is 0. The average Bonchev–Trinajstić information content (AvgIpc) is 2.55. The molecule has 0 bridgehead atoms. The maximum absolute atomic E-state index is 12.8. The number of amides is 1. The molecule has 2 fully saturated rings. The molecule has 2 heterocycles. The van der Waals surface area contributed by atoms with Crippen molar-refractivity contribution in [3.8, 4) is 0 Å². The summed E-state index contributed by atoms with van der Waals surface area (Å²) in [6.45, 7) is 5.26. The summed E-state index contributed by atoms with van der Waals surface area (Å²) in [5.74, 6) is 1.24. The zero-order valence-corrected chi connectivity index (χ0v) is 15.8. The number of hydrogen-bond donors (Lipinski definition) is 1. The number of rotatable bonds is 2. The summed E-state index contributed by atoms with van der Waals surface area (Å²) in [6, 6.07) is 5.95. The Kier molecular flexibility index (Phi) is 7.77. The number of nitrogens with two attached hydrogens (primary N) is 1. The molecule has 1 saturated heterocycles. The van der Waals surface area contributed by atoms with Crippen molar-refractivity contribution in [3.63, 3.8) is 0 Å². The van der Waals surface area contributed by atoms with Crippen molar-refractivity contribution in [1.82, 2.24) is 9.88 Å². The molecular weight excluding hydrogens is 347 g/mol. The van der Waals surface area contributed by atoms with Gasteiger partial charge in [0, 0.05) is 37.9 Å². The number of carbonyl (C=O) groups is 1. The van der Waals surface area contributed by atoms with Crippen LogP contribution in [-0.2, 0) is 4.79 Å². The standard InChI is InChI=1S/C17H26N4O.2ClH/c1-17(18)8-4-2-6-14(17)16(22)21-12-10-20(11-13-21)15-7-3-5-9-19-15;;/h3,5,7,9,14H,2,4,6,8,10-13,18H2,1H3;2*1H. The lowest BCUT2D eigenvalue weighted by atomic mass is 9.74. The van der Waals surface area contributed by atoms with Gasteiger partial charge in [-0.15, -0.1) is 24.8 Å². The molecule has 1 aromatic heterocycles. The van der Waals surface area contributed by atoms with Gasteiger partial charge in [-0.05, 0) is 31.9 Å². The fraction of sp³-hybridized carbons (Fsp3) is 0.647. The van der Waals surface area contributed by atoms with Crippen LogP contribution < -0.4 is 10.6 Å². The van der Waals surface area contributed by atoms with Crippen molar-refractivity contribution >= 4 is 36.5 Å². The molecule has 1 amide bonds. The highest BCUT2D eigenvalue weighted by molar-refractivity contribution is 5.85. The van der Waals surface area contributed by atoms with Crippen molar-refractivity contribution in [3.05, 3.63) is 24.4 Å². The lowest BCUT2D eigenvalue weighted by molar-refractivity contribution is -0.139. The minimum absolute atomic E-state index is 0. The minimum Gasteiger partial charge on any atom is -0.353 e. The first-order valence-corrected chi connectivity index (χ1v) is 8.31. The Morgan fingerprint density at radius 1 is 1.21 bits per heavy atom. The van der Waals surface area contributed by atoms with Gasteiger partial charge >= 0.3 is 0 Å². The second-order valence-corrected chi connectivity index (χ2v) is 6.80. The molecule has 1 aromatic rings. The minimum atomic E-state index is -0.340. The largest absolute Gasteiger partial charge is 0.353 e. The van der Waals surface area contributed by atoms with E-state index >= 15 is 0 Å². The highest BCUT2D eigenvalue weighted by atomic mass is 35.5. The molecular formula is C17H28Cl2N4O. The molecule has 136 valence electrons. The summed E-state index contributed by atoms with van der Waals surface area (Å²) in [4.78, 5) is 21.5. The molecule has 0 aromatic carbocycles. The predicted molar refractivity (Wildman–Crippen MR) is 102 cm³/mol. The number of anilines is 1. The molecule has 1 aliphatic heterocycles. The fourth-order valence-electron chi connectivity index (χ4n) is 3.68. The Bertz CT molecular complexity index is 519. The second kappa shape index (κ2) is 8.88. The number of nitrogens with zero attached hydrogens (tertiary/aromatic N) is 3. The van der Waals surface area contributed by atoms with E-state index in [9.17, 15) is 4.79 Å². The molecule has 3 rings (SSSR count). The van der Waals surface area contributed by atoms with Crippen LogP contribution in [-0.4, -0.2) is 47.5 Å². The van der Waals surface area contributed by atoms with E-state index < -0.39 is 0 Å². The van der Waals surface area contributed by atoms with E-state index in [2.05, 4.69) is 9.88 Å².